The maximum atomic E-state index is 10.8. The Bertz CT molecular complexity index is 191. The second kappa shape index (κ2) is 2.09. The van der Waals surface area contributed by atoms with Gasteiger partial charge >= 0.3 is 5.97 Å². The molecule has 2 aliphatic heterocycles. The fraction of sp³-hybridized carbons (Fsp3) is 0.571. The number of carbonyl (C=O) groups excluding carboxylic acids is 1. The van der Waals surface area contributed by atoms with Crippen LogP contribution in [0.1, 0.15) is 6.42 Å². The van der Waals surface area contributed by atoms with Crippen molar-refractivity contribution < 1.29 is 14.3 Å². The maximum Gasteiger partial charge on any atom is 0.333 e. The Hall–Kier alpha value is -0.830. The van der Waals surface area contributed by atoms with E-state index in [-0.39, 0.29) is 12.1 Å². The quantitative estimate of drug-likeness (QED) is 0.298. The van der Waals surface area contributed by atoms with Crippen LogP contribution in [-0.2, 0) is 14.3 Å². The largest absolute Gasteiger partial charge is 0.462 e. The average Bonchev–Trinajstić information content (AvgIpc) is 2.62. The summed E-state index contributed by atoms with van der Waals surface area (Å²) in [7, 11) is 0. The van der Waals surface area contributed by atoms with E-state index in [1.54, 1.807) is 0 Å². The predicted molar refractivity (Wildman–Crippen MR) is 33.4 cm³/mol. The van der Waals surface area contributed by atoms with Gasteiger partial charge in [0.25, 0.3) is 0 Å². The summed E-state index contributed by atoms with van der Waals surface area (Å²) in [6.07, 6.45) is 2.80. The predicted octanol–water partition coefficient (Wildman–Crippen LogP) is 0.258. The fourth-order valence-corrected chi connectivity index (χ4v) is 0.976. The number of ether oxygens (including phenoxy) is 2. The Morgan fingerprint density at radius 1 is 1.60 bits per heavy atom. The van der Waals surface area contributed by atoms with Crippen molar-refractivity contribution in [1.29, 1.82) is 0 Å². The van der Waals surface area contributed by atoms with Gasteiger partial charge in [0.15, 0.2) is 0 Å². The van der Waals surface area contributed by atoms with Crippen LogP contribution in [0.5, 0.6) is 0 Å². The molecule has 2 aliphatic rings. The molecule has 0 aromatic heterocycles. The Balaban J connectivity index is 2.07. The standard InChI is InChI=1S/C7H8O3/c8-7-5(1-2-9-7)3-6-4-10-6/h3,6H,1-2,4H2/b5-3+. The summed E-state index contributed by atoms with van der Waals surface area (Å²) in [5.74, 6) is -0.171. The van der Waals surface area contributed by atoms with Gasteiger partial charge in [-0.1, -0.05) is 0 Å². The van der Waals surface area contributed by atoms with E-state index < -0.39 is 0 Å². The van der Waals surface area contributed by atoms with Crippen molar-refractivity contribution in [2.45, 2.75) is 12.5 Å². The van der Waals surface area contributed by atoms with E-state index in [4.69, 9.17) is 9.47 Å². The fourth-order valence-electron chi connectivity index (χ4n) is 0.976. The van der Waals surface area contributed by atoms with Crippen LogP contribution in [-0.4, -0.2) is 25.3 Å². The summed E-state index contributed by atoms with van der Waals surface area (Å²) >= 11 is 0. The van der Waals surface area contributed by atoms with Crippen molar-refractivity contribution in [2.24, 2.45) is 0 Å². The summed E-state index contributed by atoms with van der Waals surface area (Å²) in [5, 5.41) is 0. The highest BCUT2D eigenvalue weighted by atomic mass is 16.6. The minimum absolute atomic E-state index is 0.171. The summed E-state index contributed by atoms with van der Waals surface area (Å²) in [5.41, 5.74) is 0.780. The number of carbonyl (C=O) groups is 1. The molecule has 0 saturated carbocycles. The van der Waals surface area contributed by atoms with Crippen LogP contribution in [0.3, 0.4) is 0 Å². The van der Waals surface area contributed by atoms with Gasteiger partial charge in [-0.05, 0) is 6.08 Å². The second-order valence-corrected chi connectivity index (χ2v) is 2.45. The molecule has 0 aliphatic carbocycles. The first-order valence-corrected chi connectivity index (χ1v) is 3.36. The Morgan fingerprint density at radius 2 is 2.40 bits per heavy atom. The van der Waals surface area contributed by atoms with Gasteiger partial charge in [-0.15, -0.1) is 0 Å². The molecule has 2 heterocycles. The van der Waals surface area contributed by atoms with E-state index in [2.05, 4.69) is 0 Å². The lowest BCUT2D eigenvalue weighted by atomic mass is 10.2. The molecule has 3 nitrogen and oxygen atoms in total. The number of esters is 1. The van der Waals surface area contributed by atoms with Crippen molar-refractivity contribution >= 4 is 5.97 Å². The molecular weight excluding hydrogens is 132 g/mol. The molecule has 10 heavy (non-hydrogen) atoms. The molecule has 0 amide bonds. The van der Waals surface area contributed by atoms with Crippen LogP contribution in [0.25, 0.3) is 0 Å². The third kappa shape index (κ3) is 1.04. The zero-order valence-corrected chi connectivity index (χ0v) is 5.50. The number of epoxide rings is 1. The average molecular weight is 140 g/mol. The number of rotatable bonds is 1. The van der Waals surface area contributed by atoms with Gasteiger partial charge in [-0.3, -0.25) is 0 Å². The lowest BCUT2D eigenvalue weighted by Crippen LogP contribution is -1.95. The van der Waals surface area contributed by atoms with Crippen molar-refractivity contribution in [1.82, 2.24) is 0 Å². The zero-order valence-electron chi connectivity index (χ0n) is 5.50. The smallest absolute Gasteiger partial charge is 0.333 e. The van der Waals surface area contributed by atoms with Crippen molar-refractivity contribution in [3.63, 3.8) is 0 Å². The molecule has 54 valence electrons. The Kier molecular flexibility index (Phi) is 1.24. The van der Waals surface area contributed by atoms with Gasteiger partial charge in [-0.25, -0.2) is 4.79 Å². The second-order valence-electron chi connectivity index (χ2n) is 2.45. The summed E-state index contributed by atoms with van der Waals surface area (Å²) in [6.45, 7) is 1.30. The molecule has 2 saturated heterocycles. The lowest BCUT2D eigenvalue weighted by Gasteiger charge is -1.86. The molecule has 2 rings (SSSR count). The molecule has 0 bridgehead atoms. The van der Waals surface area contributed by atoms with Crippen LogP contribution in [0, 0.1) is 0 Å². The van der Waals surface area contributed by atoms with Gasteiger partial charge in [0.1, 0.15) is 0 Å². The monoisotopic (exact) mass is 140 g/mol. The molecule has 0 aromatic rings. The number of cyclic esters (lactones) is 1. The van der Waals surface area contributed by atoms with Gasteiger partial charge < -0.3 is 9.47 Å². The Morgan fingerprint density at radius 3 is 2.90 bits per heavy atom. The van der Waals surface area contributed by atoms with E-state index in [1.165, 1.54) is 0 Å². The topological polar surface area (TPSA) is 38.8 Å². The van der Waals surface area contributed by atoms with Gasteiger partial charge in [0.2, 0.25) is 0 Å². The first-order valence-electron chi connectivity index (χ1n) is 3.36. The normalized spacial score (nSPS) is 34.6. The van der Waals surface area contributed by atoms with Gasteiger partial charge in [-0.2, -0.15) is 0 Å². The first-order chi connectivity index (χ1) is 4.86. The number of hydrogen-bond acceptors (Lipinski definition) is 3. The summed E-state index contributed by atoms with van der Waals surface area (Å²) < 4.78 is 9.67. The molecular formula is C7H8O3. The minimum atomic E-state index is -0.171. The van der Waals surface area contributed by atoms with Gasteiger partial charge in [0, 0.05) is 12.0 Å². The first kappa shape index (κ1) is 5.92. The Labute approximate surface area is 58.6 Å². The summed E-state index contributed by atoms with van der Waals surface area (Å²) in [6, 6.07) is 0. The van der Waals surface area contributed by atoms with E-state index in [0.717, 1.165) is 18.6 Å². The van der Waals surface area contributed by atoms with Crippen LogP contribution in [0.2, 0.25) is 0 Å². The van der Waals surface area contributed by atoms with Crippen LogP contribution >= 0.6 is 0 Å². The van der Waals surface area contributed by atoms with Crippen molar-refractivity contribution in [3.05, 3.63) is 11.6 Å². The SMILES string of the molecule is O=C1OCC/C1=C\C1CO1. The third-order valence-electron chi connectivity index (χ3n) is 1.61. The molecule has 2 fully saturated rings. The van der Waals surface area contributed by atoms with Gasteiger partial charge in [0.05, 0.1) is 19.3 Å². The van der Waals surface area contributed by atoms with Crippen LogP contribution in [0.15, 0.2) is 11.6 Å². The molecule has 0 radical (unpaired) electrons. The molecule has 1 atom stereocenters. The molecule has 0 aromatic carbocycles. The minimum Gasteiger partial charge on any atom is -0.462 e. The highest BCUT2D eigenvalue weighted by Crippen LogP contribution is 2.19. The van der Waals surface area contributed by atoms with Crippen LogP contribution in [0.4, 0.5) is 0 Å². The van der Waals surface area contributed by atoms with Crippen LogP contribution < -0.4 is 0 Å². The van der Waals surface area contributed by atoms with E-state index in [0.29, 0.717) is 6.61 Å². The molecule has 0 spiro atoms. The molecule has 1 unspecified atom stereocenters. The maximum absolute atomic E-state index is 10.8. The highest BCUT2D eigenvalue weighted by molar-refractivity contribution is 5.90. The zero-order chi connectivity index (χ0) is 6.97. The van der Waals surface area contributed by atoms with Crippen molar-refractivity contribution in [3.8, 4) is 0 Å². The van der Waals surface area contributed by atoms with E-state index in [1.807, 2.05) is 6.08 Å². The summed E-state index contributed by atoms with van der Waals surface area (Å²) in [4.78, 5) is 10.8. The van der Waals surface area contributed by atoms with Crippen molar-refractivity contribution in [2.75, 3.05) is 13.2 Å². The lowest BCUT2D eigenvalue weighted by molar-refractivity contribution is -0.135. The highest BCUT2D eigenvalue weighted by Gasteiger charge is 2.25. The van der Waals surface area contributed by atoms with E-state index >= 15 is 0 Å². The number of hydrogen-bond donors (Lipinski definition) is 0. The molecule has 0 N–H and O–H groups in total. The third-order valence-corrected chi connectivity index (χ3v) is 1.61. The molecule has 3 heteroatoms. The van der Waals surface area contributed by atoms with E-state index in [9.17, 15) is 4.79 Å².